The number of carbonyl (C=O) groups excluding carboxylic acids is 3. The Morgan fingerprint density at radius 1 is 1.13 bits per heavy atom. The average Bonchev–Trinajstić information content (AvgIpc) is 3.06. The van der Waals surface area contributed by atoms with Crippen molar-refractivity contribution >= 4 is 17.8 Å². The van der Waals surface area contributed by atoms with Crippen molar-refractivity contribution in [1.82, 2.24) is 15.1 Å². The fraction of sp³-hybridized carbons (Fsp3) is 0.348. The highest BCUT2D eigenvalue weighted by atomic mass is 19.1. The summed E-state index contributed by atoms with van der Waals surface area (Å²) in [6, 6.07) is 14.2. The quantitative estimate of drug-likeness (QED) is 0.722. The summed E-state index contributed by atoms with van der Waals surface area (Å²) in [6.45, 7) is 1.40. The molecule has 1 N–H and O–H groups in total. The first-order valence-electron chi connectivity index (χ1n) is 10.3. The Bertz CT molecular complexity index is 968. The van der Waals surface area contributed by atoms with Crippen LogP contribution in [-0.4, -0.2) is 53.4 Å². The van der Waals surface area contributed by atoms with Crippen LogP contribution in [0.25, 0.3) is 0 Å². The predicted molar refractivity (Wildman–Crippen MR) is 110 cm³/mol. The molecule has 2 aliphatic rings. The Morgan fingerprint density at radius 3 is 2.71 bits per heavy atom. The van der Waals surface area contributed by atoms with Gasteiger partial charge >= 0.3 is 6.03 Å². The molecule has 2 atom stereocenters. The Kier molecular flexibility index (Phi) is 6.27. The largest absolute Gasteiger partial charge is 0.370 e. The van der Waals surface area contributed by atoms with E-state index in [1.165, 1.54) is 18.2 Å². The molecule has 162 valence electrons. The van der Waals surface area contributed by atoms with Gasteiger partial charge in [-0.25, -0.2) is 9.18 Å². The molecule has 0 aliphatic carbocycles. The van der Waals surface area contributed by atoms with Crippen molar-refractivity contribution in [3.05, 3.63) is 71.5 Å². The van der Waals surface area contributed by atoms with Crippen molar-refractivity contribution in [2.75, 3.05) is 19.7 Å². The van der Waals surface area contributed by atoms with Crippen LogP contribution in [0.3, 0.4) is 0 Å². The van der Waals surface area contributed by atoms with E-state index < -0.39 is 23.8 Å². The first-order valence-corrected chi connectivity index (χ1v) is 10.3. The van der Waals surface area contributed by atoms with Gasteiger partial charge in [0.25, 0.3) is 5.91 Å². The maximum atomic E-state index is 13.4. The number of benzene rings is 2. The number of amides is 4. The lowest BCUT2D eigenvalue weighted by molar-refractivity contribution is -0.139. The second kappa shape index (κ2) is 9.26. The van der Waals surface area contributed by atoms with Gasteiger partial charge in [0, 0.05) is 13.0 Å². The van der Waals surface area contributed by atoms with Crippen LogP contribution in [0.2, 0.25) is 0 Å². The third-order valence-corrected chi connectivity index (χ3v) is 5.57. The fourth-order valence-corrected chi connectivity index (χ4v) is 3.91. The van der Waals surface area contributed by atoms with Gasteiger partial charge in [0.1, 0.15) is 18.0 Å². The summed E-state index contributed by atoms with van der Waals surface area (Å²) < 4.78 is 19.2. The van der Waals surface area contributed by atoms with E-state index in [0.717, 1.165) is 10.5 Å². The van der Waals surface area contributed by atoms with Crippen LogP contribution in [0, 0.1) is 5.82 Å². The minimum Gasteiger partial charge on any atom is -0.370 e. The van der Waals surface area contributed by atoms with E-state index in [-0.39, 0.29) is 31.4 Å². The number of urea groups is 1. The van der Waals surface area contributed by atoms with E-state index in [1.807, 2.05) is 30.3 Å². The minimum atomic E-state index is -0.754. The number of nitrogens with zero attached hydrogens (tertiary/aromatic N) is 2. The molecule has 2 aromatic rings. The van der Waals surface area contributed by atoms with Crippen LogP contribution in [0.15, 0.2) is 54.6 Å². The van der Waals surface area contributed by atoms with Crippen molar-refractivity contribution in [1.29, 1.82) is 0 Å². The number of hydrogen-bond donors (Lipinski definition) is 1. The lowest BCUT2D eigenvalue weighted by atomic mass is 10.1. The standard InChI is InChI=1S/C23H24FN3O4/c24-18-8-4-5-16(13-18)14-27-22(29)19(25-23(27)30)9-10-21(28)26-11-12-31-20(15-26)17-6-2-1-3-7-17/h1-8,13,19-20H,9-12,14-15H2,(H,25,30)/t19-,20+/m0/s1. The van der Waals surface area contributed by atoms with Gasteiger partial charge in [0.2, 0.25) is 5.91 Å². The number of nitrogens with one attached hydrogen (secondary N) is 1. The van der Waals surface area contributed by atoms with Crippen molar-refractivity contribution < 1.29 is 23.5 Å². The topological polar surface area (TPSA) is 79.0 Å². The first kappa shape index (κ1) is 21.0. The summed E-state index contributed by atoms with van der Waals surface area (Å²) in [5, 5.41) is 2.63. The summed E-state index contributed by atoms with van der Waals surface area (Å²) in [5.41, 5.74) is 1.55. The molecule has 2 aliphatic heterocycles. The van der Waals surface area contributed by atoms with Gasteiger partial charge < -0.3 is 15.0 Å². The van der Waals surface area contributed by atoms with Crippen LogP contribution < -0.4 is 5.32 Å². The second-order valence-electron chi connectivity index (χ2n) is 7.70. The molecule has 2 aromatic carbocycles. The minimum absolute atomic E-state index is 0.00487. The zero-order valence-electron chi connectivity index (χ0n) is 17.0. The molecule has 0 bridgehead atoms. The van der Waals surface area contributed by atoms with Crippen LogP contribution >= 0.6 is 0 Å². The predicted octanol–water partition coefficient (Wildman–Crippen LogP) is 2.63. The maximum absolute atomic E-state index is 13.4. The molecule has 2 saturated heterocycles. The molecule has 2 fully saturated rings. The van der Waals surface area contributed by atoms with E-state index in [2.05, 4.69) is 5.32 Å². The first-order chi connectivity index (χ1) is 15.0. The van der Waals surface area contributed by atoms with Gasteiger partial charge in [-0.15, -0.1) is 0 Å². The van der Waals surface area contributed by atoms with Crippen molar-refractivity contribution in [3.63, 3.8) is 0 Å². The summed E-state index contributed by atoms with van der Waals surface area (Å²) in [5.74, 6) is -0.896. The van der Waals surface area contributed by atoms with Crippen LogP contribution in [-0.2, 0) is 20.9 Å². The highest BCUT2D eigenvalue weighted by molar-refractivity contribution is 6.04. The number of rotatable bonds is 6. The number of carbonyl (C=O) groups is 3. The molecule has 0 spiro atoms. The maximum Gasteiger partial charge on any atom is 0.325 e. The van der Waals surface area contributed by atoms with Crippen LogP contribution in [0.4, 0.5) is 9.18 Å². The van der Waals surface area contributed by atoms with Crippen LogP contribution in [0.5, 0.6) is 0 Å². The molecule has 0 aromatic heterocycles. The van der Waals surface area contributed by atoms with Gasteiger partial charge in [-0.05, 0) is 29.7 Å². The molecule has 4 amide bonds. The zero-order chi connectivity index (χ0) is 21.8. The van der Waals surface area contributed by atoms with Crippen molar-refractivity contribution in [3.8, 4) is 0 Å². The Morgan fingerprint density at radius 2 is 1.94 bits per heavy atom. The number of morpholine rings is 1. The molecule has 4 rings (SSSR count). The summed E-state index contributed by atoms with van der Waals surface area (Å²) in [4.78, 5) is 40.4. The lowest BCUT2D eigenvalue weighted by Gasteiger charge is -2.33. The molecular formula is C23H24FN3O4. The molecule has 8 heteroatoms. The van der Waals surface area contributed by atoms with Gasteiger partial charge in [0.15, 0.2) is 0 Å². The molecular weight excluding hydrogens is 401 g/mol. The van der Waals surface area contributed by atoms with Gasteiger partial charge in [-0.3, -0.25) is 14.5 Å². The SMILES string of the molecule is O=C(CC[C@@H]1NC(=O)N(Cc2cccc(F)c2)C1=O)N1CCO[C@@H](c2ccccc2)C1. The highest BCUT2D eigenvalue weighted by Crippen LogP contribution is 2.23. The van der Waals surface area contributed by atoms with E-state index in [0.29, 0.717) is 25.3 Å². The number of ether oxygens (including phenoxy) is 1. The molecule has 0 saturated carbocycles. The van der Waals surface area contributed by atoms with E-state index in [4.69, 9.17) is 4.74 Å². The van der Waals surface area contributed by atoms with Crippen molar-refractivity contribution in [2.24, 2.45) is 0 Å². The average molecular weight is 425 g/mol. The van der Waals surface area contributed by atoms with Gasteiger partial charge in [-0.1, -0.05) is 42.5 Å². The van der Waals surface area contributed by atoms with E-state index in [1.54, 1.807) is 11.0 Å². The molecule has 0 unspecified atom stereocenters. The Hall–Kier alpha value is -3.26. The van der Waals surface area contributed by atoms with Crippen molar-refractivity contribution in [2.45, 2.75) is 31.5 Å². The summed E-state index contributed by atoms with van der Waals surface area (Å²) >= 11 is 0. The monoisotopic (exact) mass is 425 g/mol. The second-order valence-corrected chi connectivity index (χ2v) is 7.70. The fourth-order valence-electron chi connectivity index (χ4n) is 3.91. The van der Waals surface area contributed by atoms with Crippen LogP contribution in [0.1, 0.15) is 30.1 Å². The zero-order valence-corrected chi connectivity index (χ0v) is 17.0. The lowest BCUT2D eigenvalue weighted by Crippen LogP contribution is -2.43. The van der Waals surface area contributed by atoms with E-state index in [9.17, 15) is 18.8 Å². The summed E-state index contributed by atoms with van der Waals surface area (Å²) in [7, 11) is 0. The Balaban J connectivity index is 1.31. The smallest absolute Gasteiger partial charge is 0.325 e. The summed E-state index contributed by atoms with van der Waals surface area (Å²) in [6.07, 6.45) is 0.191. The normalized spacial score (nSPS) is 21.3. The molecule has 2 heterocycles. The number of hydrogen-bond acceptors (Lipinski definition) is 4. The van der Waals surface area contributed by atoms with E-state index >= 15 is 0 Å². The highest BCUT2D eigenvalue weighted by Gasteiger charge is 2.38. The number of imide groups is 1. The number of halogens is 1. The van der Waals surface area contributed by atoms with Gasteiger partial charge in [-0.2, -0.15) is 0 Å². The molecule has 31 heavy (non-hydrogen) atoms. The Labute approximate surface area is 179 Å². The molecule has 7 nitrogen and oxygen atoms in total. The van der Waals surface area contributed by atoms with Gasteiger partial charge in [0.05, 0.1) is 19.7 Å². The third-order valence-electron chi connectivity index (χ3n) is 5.57. The third kappa shape index (κ3) is 4.91. The molecule has 0 radical (unpaired) electrons.